The van der Waals surface area contributed by atoms with Gasteiger partial charge in [0.15, 0.2) is 0 Å². The molecule has 6 nitrogen and oxygen atoms in total. The van der Waals surface area contributed by atoms with Gasteiger partial charge in [-0.3, -0.25) is 9.69 Å². The fourth-order valence-electron chi connectivity index (χ4n) is 3.57. The first-order valence-electron chi connectivity index (χ1n) is 9.07. The van der Waals surface area contributed by atoms with Crippen LogP contribution in [0.4, 0.5) is 0 Å². The van der Waals surface area contributed by atoms with Gasteiger partial charge in [-0.15, -0.1) is 0 Å². The van der Waals surface area contributed by atoms with E-state index in [2.05, 4.69) is 37.3 Å². The molecule has 3 aromatic rings. The van der Waals surface area contributed by atoms with Crippen molar-refractivity contribution in [3.8, 4) is 0 Å². The molecule has 0 aliphatic carbocycles. The number of hydrogen-bond acceptors (Lipinski definition) is 4. The Morgan fingerprint density at radius 1 is 1.38 bits per heavy atom. The zero-order chi connectivity index (χ0) is 17.9. The number of aromatic nitrogens is 3. The van der Waals surface area contributed by atoms with Gasteiger partial charge in [0.1, 0.15) is 6.33 Å². The van der Waals surface area contributed by atoms with Gasteiger partial charge in [0, 0.05) is 42.9 Å². The third kappa shape index (κ3) is 3.32. The maximum Gasteiger partial charge on any atom is 0.237 e. The molecule has 4 rings (SSSR count). The summed E-state index contributed by atoms with van der Waals surface area (Å²) in [6, 6.07) is 8.07. The molecule has 134 valence electrons. The van der Waals surface area contributed by atoms with Gasteiger partial charge in [-0.05, 0) is 37.0 Å². The molecule has 0 radical (unpaired) electrons. The molecule has 2 aromatic heterocycles. The summed E-state index contributed by atoms with van der Waals surface area (Å²) in [4.78, 5) is 26.4. The Balaban J connectivity index is 1.32. The van der Waals surface area contributed by atoms with Crippen molar-refractivity contribution in [2.45, 2.75) is 32.4 Å². The lowest BCUT2D eigenvalue weighted by molar-refractivity contribution is -0.126. The summed E-state index contributed by atoms with van der Waals surface area (Å²) in [5.74, 6) is 0.0716. The lowest BCUT2D eigenvalue weighted by Gasteiger charge is -2.31. The van der Waals surface area contributed by atoms with Gasteiger partial charge in [-0.25, -0.2) is 9.97 Å². The van der Waals surface area contributed by atoms with Crippen molar-refractivity contribution in [3.63, 3.8) is 0 Å². The van der Waals surface area contributed by atoms with E-state index >= 15 is 0 Å². The second kappa shape index (κ2) is 7.25. The van der Waals surface area contributed by atoms with E-state index in [9.17, 15) is 4.79 Å². The Hall–Kier alpha value is -2.73. The average molecular weight is 349 g/mol. The summed E-state index contributed by atoms with van der Waals surface area (Å²) in [6.45, 7) is 4.16. The molecular formula is C20H23N5O. The van der Waals surface area contributed by atoms with Crippen LogP contribution in [0, 0.1) is 0 Å². The number of nitrogens with one attached hydrogen (secondary N) is 2. The number of aromatic amines is 1. The van der Waals surface area contributed by atoms with Crippen LogP contribution in [0.3, 0.4) is 0 Å². The minimum Gasteiger partial charge on any atom is -0.361 e. The number of fused-ring (bicyclic) bond motifs is 2. The smallest absolute Gasteiger partial charge is 0.237 e. The van der Waals surface area contributed by atoms with Crippen molar-refractivity contribution in [1.82, 2.24) is 25.2 Å². The Kier molecular flexibility index (Phi) is 4.67. The fourth-order valence-corrected chi connectivity index (χ4v) is 3.57. The van der Waals surface area contributed by atoms with Crippen molar-refractivity contribution < 1.29 is 4.79 Å². The second-order valence-electron chi connectivity index (χ2n) is 6.79. The number of benzene rings is 1. The number of carbonyl (C=O) groups is 1. The monoisotopic (exact) mass is 349 g/mol. The van der Waals surface area contributed by atoms with E-state index in [-0.39, 0.29) is 11.9 Å². The molecule has 0 saturated carbocycles. The molecule has 6 heteroatoms. The summed E-state index contributed by atoms with van der Waals surface area (Å²) in [6.07, 6.45) is 7.20. The summed E-state index contributed by atoms with van der Waals surface area (Å²) >= 11 is 0. The van der Waals surface area contributed by atoms with E-state index in [0.717, 1.165) is 30.6 Å². The summed E-state index contributed by atoms with van der Waals surface area (Å²) in [7, 11) is 0. The van der Waals surface area contributed by atoms with Gasteiger partial charge < -0.3 is 10.3 Å². The lowest BCUT2D eigenvalue weighted by Crippen LogP contribution is -2.47. The topological polar surface area (TPSA) is 73.9 Å². The molecule has 1 aliphatic rings. The Morgan fingerprint density at radius 2 is 2.27 bits per heavy atom. The molecule has 0 bridgehead atoms. The molecule has 26 heavy (non-hydrogen) atoms. The minimum absolute atomic E-state index is 0.0716. The number of H-pyrrole nitrogens is 1. The third-order valence-electron chi connectivity index (χ3n) is 5.20. The van der Waals surface area contributed by atoms with Crippen LogP contribution in [0.15, 0.2) is 43.0 Å². The number of hydrogen-bond donors (Lipinski definition) is 2. The quantitative estimate of drug-likeness (QED) is 0.739. The number of rotatable bonds is 5. The zero-order valence-electron chi connectivity index (χ0n) is 14.9. The molecule has 1 aromatic carbocycles. The van der Waals surface area contributed by atoms with E-state index in [1.54, 1.807) is 6.33 Å². The van der Waals surface area contributed by atoms with Gasteiger partial charge in [-0.1, -0.05) is 18.2 Å². The Labute approximate surface area is 152 Å². The van der Waals surface area contributed by atoms with E-state index in [0.29, 0.717) is 13.1 Å². The highest BCUT2D eigenvalue weighted by atomic mass is 16.2. The predicted octanol–water partition coefficient (Wildman–Crippen LogP) is 2.06. The van der Waals surface area contributed by atoms with Crippen LogP contribution in [0.5, 0.6) is 0 Å². The van der Waals surface area contributed by atoms with Crippen molar-refractivity contribution in [1.29, 1.82) is 0 Å². The highest BCUT2D eigenvalue weighted by Gasteiger charge is 2.25. The van der Waals surface area contributed by atoms with Crippen molar-refractivity contribution >= 4 is 16.8 Å². The molecular weight excluding hydrogens is 326 g/mol. The summed E-state index contributed by atoms with van der Waals surface area (Å²) in [5.41, 5.74) is 4.59. The highest BCUT2D eigenvalue weighted by Crippen LogP contribution is 2.19. The van der Waals surface area contributed by atoms with Crippen LogP contribution in [0.25, 0.3) is 10.9 Å². The van der Waals surface area contributed by atoms with Crippen LogP contribution in [0.2, 0.25) is 0 Å². The first-order valence-corrected chi connectivity index (χ1v) is 9.07. The molecule has 0 spiro atoms. The highest BCUT2D eigenvalue weighted by molar-refractivity contribution is 5.83. The minimum atomic E-state index is -0.166. The van der Waals surface area contributed by atoms with Crippen molar-refractivity contribution in [3.05, 3.63) is 59.8 Å². The second-order valence-corrected chi connectivity index (χ2v) is 6.79. The average Bonchev–Trinajstić information content (AvgIpc) is 3.10. The molecule has 1 aliphatic heterocycles. The van der Waals surface area contributed by atoms with E-state index in [1.165, 1.54) is 16.5 Å². The maximum absolute atomic E-state index is 12.6. The van der Waals surface area contributed by atoms with Gasteiger partial charge in [-0.2, -0.15) is 0 Å². The molecule has 0 fully saturated rings. The SMILES string of the molecule is C[C@H](C(=O)NCCc1c[nH]c2ccccc12)N1CCc2cncnc2C1. The molecule has 3 heterocycles. The van der Waals surface area contributed by atoms with Crippen LogP contribution in [-0.4, -0.2) is 44.9 Å². The van der Waals surface area contributed by atoms with Crippen molar-refractivity contribution in [2.75, 3.05) is 13.1 Å². The zero-order valence-corrected chi connectivity index (χ0v) is 14.9. The van der Waals surface area contributed by atoms with Gasteiger partial charge in [0.25, 0.3) is 0 Å². The Morgan fingerprint density at radius 3 is 3.19 bits per heavy atom. The largest absolute Gasteiger partial charge is 0.361 e. The standard InChI is InChI=1S/C20H23N5O/c1-14(25-9-7-16-10-21-13-24-19(16)12-25)20(26)22-8-6-15-11-23-18-5-3-2-4-17(15)18/h2-5,10-11,13-14,23H,6-9,12H2,1H3,(H,22,26)/t14-/m1/s1. The number of nitrogens with zero attached hydrogens (tertiary/aromatic N) is 3. The fraction of sp³-hybridized carbons (Fsp3) is 0.350. The Bertz CT molecular complexity index is 919. The first-order chi connectivity index (χ1) is 12.7. The van der Waals surface area contributed by atoms with Crippen LogP contribution < -0.4 is 5.32 Å². The lowest BCUT2D eigenvalue weighted by atomic mass is 10.1. The number of carbonyl (C=O) groups excluding carboxylic acids is 1. The van der Waals surface area contributed by atoms with Crippen LogP contribution in [0.1, 0.15) is 23.7 Å². The van der Waals surface area contributed by atoms with Gasteiger partial charge in [0.2, 0.25) is 5.91 Å². The molecule has 0 unspecified atom stereocenters. The first kappa shape index (κ1) is 16.7. The van der Waals surface area contributed by atoms with E-state index in [1.807, 2.05) is 31.5 Å². The third-order valence-corrected chi connectivity index (χ3v) is 5.20. The maximum atomic E-state index is 12.6. The van der Waals surface area contributed by atoms with E-state index in [4.69, 9.17) is 0 Å². The predicted molar refractivity (Wildman–Crippen MR) is 101 cm³/mol. The molecule has 1 amide bonds. The van der Waals surface area contributed by atoms with Gasteiger partial charge in [0.05, 0.1) is 11.7 Å². The normalized spacial score (nSPS) is 15.6. The van der Waals surface area contributed by atoms with Crippen LogP contribution in [-0.2, 0) is 24.2 Å². The molecule has 1 atom stereocenters. The summed E-state index contributed by atoms with van der Waals surface area (Å²) in [5, 5.41) is 4.30. The summed E-state index contributed by atoms with van der Waals surface area (Å²) < 4.78 is 0. The van der Waals surface area contributed by atoms with Crippen molar-refractivity contribution in [2.24, 2.45) is 0 Å². The van der Waals surface area contributed by atoms with Gasteiger partial charge >= 0.3 is 0 Å². The van der Waals surface area contributed by atoms with Crippen LogP contribution >= 0.6 is 0 Å². The van der Waals surface area contributed by atoms with E-state index < -0.39 is 0 Å². The molecule has 0 saturated heterocycles. The number of amides is 1. The molecule has 2 N–H and O–H groups in total. The number of para-hydroxylation sites is 1.